The van der Waals surface area contributed by atoms with Crippen molar-refractivity contribution in [2.24, 2.45) is 5.10 Å². The highest BCUT2D eigenvalue weighted by Gasteiger charge is 2.05. The standard InChI is InChI=1S/C8H14N2O4/c1-4-14-7(11)5-9-10-6(2)8(12)13-3/h9H,4-5H2,1-3H3/b10-6+. The minimum atomic E-state index is -0.540. The Hall–Kier alpha value is -1.59. The average Bonchev–Trinajstić information content (AvgIpc) is 2.16. The molecule has 0 amide bonds. The van der Waals surface area contributed by atoms with E-state index in [0.29, 0.717) is 6.61 Å². The number of esters is 2. The highest BCUT2D eigenvalue weighted by Crippen LogP contribution is 1.80. The van der Waals surface area contributed by atoms with Crippen molar-refractivity contribution in [2.75, 3.05) is 20.3 Å². The first kappa shape index (κ1) is 12.4. The molecule has 0 aliphatic heterocycles. The van der Waals surface area contributed by atoms with Crippen LogP contribution < -0.4 is 5.43 Å². The molecular formula is C8H14N2O4. The van der Waals surface area contributed by atoms with E-state index in [1.807, 2.05) is 0 Å². The van der Waals surface area contributed by atoms with Crippen molar-refractivity contribution in [3.05, 3.63) is 0 Å². The van der Waals surface area contributed by atoms with Crippen molar-refractivity contribution in [1.29, 1.82) is 0 Å². The minimum absolute atomic E-state index is 0.0673. The fourth-order valence-electron chi connectivity index (χ4n) is 0.628. The molecule has 0 aromatic carbocycles. The summed E-state index contributed by atoms with van der Waals surface area (Å²) in [5.41, 5.74) is 2.55. The van der Waals surface area contributed by atoms with Crippen molar-refractivity contribution < 1.29 is 19.1 Å². The number of rotatable bonds is 5. The Balaban J connectivity index is 3.81. The number of nitrogens with one attached hydrogen (secondary N) is 1. The lowest BCUT2D eigenvalue weighted by atomic mass is 10.4. The maximum Gasteiger partial charge on any atom is 0.353 e. The van der Waals surface area contributed by atoms with Crippen molar-refractivity contribution in [3.8, 4) is 0 Å². The summed E-state index contributed by atoms with van der Waals surface area (Å²) >= 11 is 0. The van der Waals surface area contributed by atoms with Crippen molar-refractivity contribution in [3.63, 3.8) is 0 Å². The smallest absolute Gasteiger partial charge is 0.353 e. The molecule has 0 unspecified atom stereocenters. The Bertz CT molecular complexity index is 237. The zero-order valence-corrected chi connectivity index (χ0v) is 8.49. The monoisotopic (exact) mass is 202 g/mol. The molecule has 6 heteroatoms. The minimum Gasteiger partial charge on any atom is -0.465 e. The van der Waals surface area contributed by atoms with E-state index in [-0.39, 0.29) is 12.3 Å². The molecular weight excluding hydrogens is 188 g/mol. The molecule has 14 heavy (non-hydrogen) atoms. The normalized spacial score (nSPS) is 10.6. The molecule has 1 N–H and O–H groups in total. The highest BCUT2D eigenvalue weighted by atomic mass is 16.5. The molecule has 0 bridgehead atoms. The van der Waals surface area contributed by atoms with Crippen LogP contribution >= 0.6 is 0 Å². The fourth-order valence-corrected chi connectivity index (χ4v) is 0.628. The highest BCUT2D eigenvalue weighted by molar-refractivity contribution is 6.35. The molecule has 80 valence electrons. The average molecular weight is 202 g/mol. The molecule has 0 heterocycles. The van der Waals surface area contributed by atoms with Crippen LogP contribution in [0.2, 0.25) is 0 Å². The first-order valence-corrected chi connectivity index (χ1v) is 4.12. The van der Waals surface area contributed by atoms with E-state index in [1.54, 1.807) is 6.92 Å². The predicted molar refractivity (Wildman–Crippen MR) is 49.8 cm³/mol. The molecule has 0 saturated heterocycles. The van der Waals surface area contributed by atoms with Gasteiger partial charge in [0.2, 0.25) is 0 Å². The summed E-state index contributed by atoms with van der Waals surface area (Å²) in [7, 11) is 1.26. The maximum atomic E-state index is 10.8. The van der Waals surface area contributed by atoms with Crippen LogP contribution in [0.1, 0.15) is 13.8 Å². The van der Waals surface area contributed by atoms with E-state index >= 15 is 0 Å². The van der Waals surface area contributed by atoms with Crippen LogP contribution in [0.5, 0.6) is 0 Å². The molecule has 0 aliphatic rings. The second-order valence-corrected chi connectivity index (χ2v) is 2.33. The van der Waals surface area contributed by atoms with E-state index in [0.717, 1.165) is 0 Å². The lowest BCUT2D eigenvalue weighted by Gasteiger charge is -2.01. The van der Waals surface area contributed by atoms with Gasteiger partial charge in [-0.15, -0.1) is 0 Å². The summed E-state index contributed by atoms with van der Waals surface area (Å²) in [6.07, 6.45) is 0. The molecule has 0 aliphatic carbocycles. The quantitative estimate of drug-likeness (QED) is 0.376. The van der Waals surface area contributed by atoms with Gasteiger partial charge in [-0.2, -0.15) is 5.10 Å². The van der Waals surface area contributed by atoms with Gasteiger partial charge in [0, 0.05) is 0 Å². The van der Waals surface area contributed by atoms with Crippen molar-refractivity contribution in [1.82, 2.24) is 5.43 Å². The largest absolute Gasteiger partial charge is 0.465 e. The summed E-state index contributed by atoms with van der Waals surface area (Å²) in [4.78, 5) is 21.6. The SMILES string of the molecule is CCOC(=O)CN/N=C(\C)C(=O)OC. The second kappa shape index (κ2) is 6.88. The molecule has 0 aromatic rings. The summed E-state index contributed by atoms with van der Waals surface area (Å²) in [5.74, 6) is -0.963. The summed E-state index contributed by atoms with van der Waals surface area (Å²) in [6.45, 7) is 3.44. The summed E-state index contributed by atoms with van der Waals surface area (Å²) < 4.78 is 9.01. The Morgan fingerprint density at radius 2 is 2.07 bits per heavy atom. The van der Waals surface area contributed by atoms with E-state index in [9.17, 15) is 9.59 Å². The van der Waals surface area contributed by atoms with Crippen LogP contribution in [-0.2, 0) is 19.1 Å². The zero-order valence-electron chi connectivity index (χ0n) is 8.49. The second-order valence-electron chi connectivity index (χ2n) is 2.33. The van der Waals surface area contributed by atoms with Crippen LogP contribution in [0, 0.1) is 0 Å². The van der Waals surface area contributed by atoms with Crippen LogP contribution in [-0.4, -0.2) is 37.9 Å². The number of hydrogen-bond donors (Lipinski definition) is 1. The van der Waals surface area contributed by atoms with Crippen LogP contribution in [0.4, 0.5) is 0 Å². The van der Waals surface area contributed by atoms with E-state index < -0.39 is 11.9 Å². The number of carbonyl (C=O) groups excluding carboxylic acids is 2. The van der Waals surface area contributed by atoms with Crippen molar-refractivity contribution in [2.45, 2.75) is 13.8 Å². The van der Waals surface area contributed by atoms with Gasteiger partial charge < -0.3 is 9.47 Å². The number of nitrogens with zero attached hydrogens (tertiary/aromatic N) is 1. The summed E-state index contributed by atoms with van der Waals surface area (Å²) in [5, 5.41) is 3.61. The molecule has 6 nitrogen and oxygen atoms in total. The summed E-state index contributed by atoms with van der Waals surface area (Å²) in [6, 6.07) is 0. The first-order chi connectivity index (χ1) is 6.61. The van der Waals surface area contributed by atoms with Crippen LogP contribution in [0.15, 0.2) is 5.10 Å². The molecule has 0 fully saturated rings. The van der Waals surface area contributed by atoms with E-state index in [1.165, 1.54) is 14.0 Å². The van der Waals surface area contributed by atoms with Crippen molar-refractivity contribution >= 4 is 17.7 Å². The van der Waals surface area contributed by atoms with Gasteiger partial charge in [0.05, 0.1) is 13.7 Å². The van der Waals surface area contributed by atoms with Gasteiger partial charge in [-0.25, -0.2) is 4.79 Å². The third-order valence-electron chi connectivity index (χ3n) is 1.26. The fraction of sp³-hybridized carbons (Fsp3) is 0.625. The zero-order chi connectivity index (χ0) is 11.0. The van der Waals surface area contributed by atoms with Gasteiger partial charge in [-0.05, 0) is 13.8 Å². The van der Waals surface area contributed by atoms with Gasteiger partial charge in [-0.1, -0.05) is 0 Å². The predicted octanol–water partition coefficient (Wildman–Crippen LogP) is -0.312. The molecule has 0 rings (SSSR count). The number of hydrazone groups is 1. The lowest BCUT2D eigenvalue weighted by molar-refractivity contribution is -0.142. The van der Waals surface area contributed by atoms with Gasteiger partial charge in [-0.3, -0.25) is 10.2 Å². The Kier molecular flexibility index (Phi) is 6.09. The topological polar surface area (TPSA) is 77.0 Å². The number of hydrogen-bond acceptors (Lipinski definition) is 6. The van der Waals surface area contributed by atoms with E-state index in [2.05, 4.69) is 20.0 Å². The maximum absolute atomic E-state index is 10.8. The Morgan fingerprint density at radius 1 is 1.43 bits per heavy atom. The van der Waals surface area contributed by atoms with E-state index in [4.69, 9.17) is 0 Å². The Morgan fingerprint density at radius 3 is 2.57 bits per heavy atom. The molecule has 0 atom stereocenters. The number of methoxy groups -OCH3 is 1. The lowest BCUT2D eigenvalue weighted by Crippen LogP contribution is -2.23. The Labute approximate surface area is 82.3 Å². The van der Waals surface area contributed by atoms with Gasteiger partial charge in [0.1, 0.15) is 12.3 Å². The van der Waals surface area contributed by atoms with Crippen LogP contribution in [0.25, 0.3) is 0 Å². The van der Waals surface area contributed by atoms with Gasteiger partial charge >= 0.3 is 11.9 Å². The molecule has 0 radical (unpaired) electrons. The van der Waals surface area contributed by atoms with Gasteiger partial charge in [0.15, 0.2) is 0 Å². The third-order valence-corrected chi connectivity index (χ3v) is 1.26. The number of carbonyl (C=O) groups is 2. The third kappa shape index (κ3) is 5.13. The molecule has 0 aromatic heterocycles. The number of ether oxygens (including phenoxy) is 2. The van der Waals surface area contributed by atoms with Crippen LogP contribution in [0.3, 0.4) is 0 Å². The molecule has 0 saturated carbocycles. The first-order valence-electron chi connectivity index (χ1n) is 4.12. The molecule has 0 spiro atoms. The van der Waals surface area contributed by atoms with Gasteiger partial charge in [0.25, 0.3) is 0 Å².